The van der Waals surface area contributed by atoms with E-state index in [1.54, 1.807) is 17.4 Å². The monoisotopic (exact) mass is 370 g/mol. The number of rotatable bonds is 3. The minimum Gasteiger partial charge on any atom is -0.494 e. The smallest absolute Gasteiger partial charge is 0.253 e. The lowest BCUT2D eigenvalue weighted by Gasteiger charge is -2.32. The molecule has 3 aromatic rings. The molecule has 0 radical (unpaired) electrons. The van der Waals surface area contributed by atoms with Crippen LogP contribution in [-0.4, -0.2) is 36.0 Å². The normalized spacial score (nSPS) is 17.5. The molecule has 0 aliphatic carbocycles. The molecule has 1 saturated heterocycles. The standard InChI is InChI=1S/C20H19FN2O2S/c1-25-17-9-8-13(11-15(17)21)20(24)23-10-4-5-14(12-23)19-22-16-6-2-3-7-18(16)26-19/h2-3,6-9,11,14H,4-5,10,12H2,1H3. The molecule has 4 rings (SSSR count). The molecule has 0 spiro atoms. The third-order valence-corrected chi connectivity index (χ3v) is 5.97. The van der Waals surface area contributed by atoms with Crippen LogP contribution in [0.2, 0.25) is 0 Å². The Kier molecular flexibility index (Phi) is 4.59. The Morgan fingerprint density at radius 2 is 2.15 bits per heavy atom. The van der Waals surface area contributed by atoms with Crippen molar-refractivity contribution >= 4 is 27.5 Å². The molecule has 0 bridgehead atoms. The maximum Gasteiger partial charge on any atom is 0.253 e. The molecule has 1 aromatic heterocycles. The Morgan fingerprint density at radius 1 is 1.31 bits per heavy atom. The molecular weight excluding hydrogens is 351 g/mol. The molecule has 1 atom stereocenters. The predicted molar refractivity (Wildman–Crippen MR) is 100 cm³/mol. The minimum absolute atomic E-state index is 0.141. The SMILES string of the molecule is COc1ccc(C(=O)N2CCCC(c3nc4ccccc4s3)C2)cc1F. The maximum atomic E-state index is 13.9. The van der Waals surface area contributed by atoms with Gasteiger partial charge in [-0.3, -0.25) is 4.79 Å². The van der Waals surface area contributed by atoms with E-state index in [0.717, 1.165) is 23.4 Å². The van der Waals surface area contributed by atoms with Crippen LogP contribution < -0.4 is 4.74 Å². The molecule has 26 heavy (non-hydrogen) atoms. The number of ether oxygens (including phenoxy) is 1. The van der Waals surface area contributed by atoms with Crippen molar-refractivity contribution in [2.45, 2.75) is 18.8 Å². The summed E-state index contributed by atoms with van der Waals surface area (Å²) in [6.45, 7) is 1.31. The fraction of sp³-hybridized carbons (Fsp3) is 0.300. The first-order chi connectivity index (χ1) is 12.7. The average molecular weight is 370 g/mol. The summed E-state index contributed by atoms with van der Waals surface area (Å²) in [6.07, 6.45) is 1.94. The van der Waals surface area contributed by atoms with Crippen LogP contribution in [0.5, 0.6) is 5.75 Å². The Labute approximate surface area is 155 Å². The van der Waals surface area contributed by atoms with E-state index in [1.165, 1.54) is 23.9 Å². The summed E-state index contributed by atoms with van der Waals surface area (Å²) in [6, 6.07) is 12.5. The van der Waals surface area contributed by atoms with Gasteiger partial charge in [-0.15, -0.1) is 11.3 Å². The first kappa shape index (κ1) is 17.0. The van der Waals surface area contributed by atoms with E-state index in [2.05, 4.69) is 6.07 Å². The molecule has 2 aromatic carbocycles. The summed E-state index contributed by atoms with van der Waals surface area (Å²) >= 11 is 1.70. The Morgan fingerprint density at radius 3 is 2.92 bits per heavy atom. The lowest BCUT2D eigenvalue weighted by molar-refractivity contribution is 0.0706. The van der Waals surface area contributed by atoms with E-state index in [4.69, 9.17) is 9.72 Å². The van der Waals surface area contributed by atoms with Gasteiger partial charge in [-0.2, -0.15) is 0 Å². The third kappa shape index (κ3) is 3.17. The number of para-hydroxylation sites is 1. The molecule has 0 N–H and O–H groups in total. The van der Waals surface area contributed by atoms with E-state index >= 15 is 0 Å². The van der Waals surface area contributed by atoms with E-state index in [0.29, 0.717) is 18.7 Å². The van der Waals surface area contributed by atoms with Gasteiger partial charge in [0.05, 0.1) is 22.3 Å². The topological polar surface area (TPSA) is 42.4 Å². The number of hydrogen-bond donors (Lipinski definition) is 0. The van der Waals surface area contributed by atoms with Gasteiger partial charge in [-0.25, -0.2) is 9.37 Å². The van der Waals surface area contributed by atoms with Gasteiger partial charge in [0.25, 0.3) is 5.91 Å². The first-order valence-corrected chi connectivity index (χ1v) is 9.45. The summed E-state index contributed by atoms with van der Waals surface area (Å²) in [5, 5.41) is 1.07. The van der Waals surface area contributed by atoms with E-state index in [-0.39, 0.29) is 17.6 Å². The first-order valence-electron chi connectivity index (χ1n) is 8.64. The highest BCUT2D eigenvalue weighted by molar-refractivity contribution is 7.18. The second-order valence-corrected chi connectivity index (χ2v) is 7.52. The van der Waals surface area contributed by atoms with Gasteiger partial charge >= 0.3 is 0 Å². The molecule has 1 aliphatic heterocycles. The highest BCUT2D eigenvalue weighted by atomic mass is 32.1. The zero-order valence-electron chi connectivity index (χ0n) is 14.4. The zero-order chi connectivity index (χ0) is 18.1. The number of fused-ring (bicyclic) bond motifs is 1. The van der Waals surface area contributed by atoms with Crippen molar-refractivity contribution in [1.29, 1.82) is 0 Å². The van der Waals surface area contributed by atoms with Crippen molar-refractivity contribution in [3.05, 3.63) is 58.9 Å². The number of piperidine rings is 1. The quantitative estimate of drug-likeness (QED) is 0.683. The van der Waals surface area contributed by atoms with Gasteiger partial charge in [0.2, 0.25) is 0 Å². The highest BCUT2D eigenvalue weighted by Gasteiger charge is 2.28. The minimum atomic E-state index is -0.516. The van der Waals surface area contributed by atoms with Crippen LogP contribution in [0.3, 0.4) is 0 Å². The van der Waals surface area contributed by atoms with E-state index < -0.39 is 5.82 Å². The van der Waals surface area contributed by atoms with Gasteiger partial charge in [0, 0.05) is 24.6 Å². The fourth-order valence-electron chi connectivity index (χ4n) is 3.41. The number of carbonyl (C=O) groups is 1. The zero-order valence-corrected chi connectivity index (χ0v) is 15.3. The molecular formula is C20H19FN2O2S. The molecule has 6 heteroatoms. The number of thiazole rings is 1. The van der Waals surface area contributed by atoms with E-state index in [9.17, 15) is 9.18 Å². The van der Waals surface area contributed by atoms with Crippen LogP contribution in [0.25, 0.3) is 10.2 Å². The van der Waals surface area contributed by atoms with Crippen molar-refractivity contribution < 1.29 is 13.9 Å². The molecule has 4 nitrogen and oxygen atoms in total. The molecule has 1 unspecified atom stereocenters. The van der Waals surface area contributed by atoms with Gasteiger partial charge < -0.3 is 9.64 Å². The largest absolute Gasteiger partial charge is 0.494 e. The van der Waals surface area contributed by atoms with Crippen LogP contribution >= 0.6 is 11.3 Å². The number of halogens is 1. The van der Waals surface area contributed by atoms with Crippen molar-refractivity contribution in [3.63, 3.8) is 0 Å². The van der Waals surface area contributed by atoms with Crippen LogP contribution in [0.4, 0.5) is 4.39 Å². The molecule has 1 fully saturated rings. The summed E-state index contributed by atoms with van der Waals surface area (Å²) < 4.78 is 20.0. The number of aromatic nitrogens is 1. The molecule has 0 saturated carbocycles. The van der Waals surface area contributed by atoms with Crippen LogP contribution in [0.1, 0.15) is 34.1 Å². The fourth-order valence-corrected chi connectivity index (χ4v) is 4.50. The van der Waals surface area contributed by atoms with Crippen molar-refractivity contribution in [3.8, 4) is 5.75 Å². The Balaban J connectivity index is 1.54. The third-order valence-electron chi connectivity index (χ3n) is 4.77. The predicted octanol–water partition coefficient (Wildman–Crippen LogP) is 4.46. The summed E-state index contributed by atoms with van der Waals surface area (Å²) in [4.78, 5) is 19.4. The number of methoxy groups -OCH3 is 1. The van der Waals surface area contributed by atoms with Crippen LogP contribution in [-0.2, 0) is 0 Å². The van der Waals surface area contributed by atoms with Gasteiger partial charge in [0.1, 0.15) is 0 Å². The lowest BCUT2D eigenvalue weighted by Crippen LogP contribution is -2.39. The Hall–Kier alpha value is -2.47. The summed E-state index contributed by atoms with van der Waals surface area (Å²) in [5.41, 5.74) is 1.36. The molecule has 2 heterocycles. The van der Waals surface area contributed by atoms with Crippen molar-refractivity contribution in [2.75, 3.05) is 20.2 Å². The van der Waals surface area contributed by atoms with Gasteiger partial charge in [-0.1, -0.05) is 12.1 Å². The number of amides is 1. The van der Waals surface area contributed by atoms with Crippen LogP contribution in [0.15, 0.2) is 42.5 Å². The molecule has 134 valence electrons. The lowest BCUT2D eigenvalue weighted by atomic mass is 9.98. The maximum absolute atomic E-state index is 13.9. The highest BCUT2D eigenvalue weighted by Crippen LogP contribution is 2.33. The van der Waals surface area contributed by atoms with Gasteiger partial charge in [0.15, 0.2) is 11.6 Å². The van der Waals surface area contributed by atoms with Gasteiger partial charge in [-0.05, 0) is 43.2 Å². The number of nitrogens with zero attached hydrogens (tertiary/aromatic N) is 2. The number of carbonyl (C=O) groups excluding carboxylic acids is 1. The van der Waals surface area contributed by atoms with E-state index in [1.807, 2.05) is 23.1 Å². The summed E-state index contributed by atoms with van der Waals surface area (Å²) in [5.74, 6) is -0.281. The van der Waals surface area contributed by atoms with Crippen molar-refractivity contribution in [1.82, 2.24) is 9.88 Å². The second-order valence-electron chi connectivity index (χ2n) is 6.46. The molecule has 1 aliphatic rings. The Bertz CT molecular complexity index is 923. The summed E-state index contributed by atoms with van der Waals surface area (Å²) in [7, 11) is 1.41. The second kappa shape index (κ2) is 7.03. The molecule has 1 amide bonds. The van der Waals surface area contributed by atoms with Crippen LogP contribution in [0, 0.1) is 5.82 Å². The average Bonchev–Trinajstić information content (AvgIpc) is 3.12. The number of benzene rings is 2. The number of hydrogen-bond acceptors (Lipinski definition) is 4. The number of likely N-dealkylation sites (tertiary alicyclic amines) is 1. The van der Waals surface area contributed by atoms with Crippen molar-refractivity contribution in [2.24, 2.45) is 0 Å².